The van der Waals surface area contributed by atoms with Crippen LogP contribution in [0, 0.1) is 0 Å². The molecule has 3 rings (SSSR count). The highest BCUT2D eigenvalue weighted by atomic mass is 16.6. The number of carbonyl (C=O) groups is 1. The number of pyridine rings is 1. The number of ether oxygens (including phenoxy) is 3. The number of aromatic nitrogens is 1. The van der Waals surface area contributed by atoms with Crippen molar-refractivity contribution in [3.05, 3.63) is 52.4 Å². The third-order valence-corrected chi connectivity index (χ3v) is 3.40. The van der Waals surface area contributed by atoms with Crippen molar-refractivity contribution in [2.75, 3.05) is 20.3 Å². The van der Waals surface area contributed by atoms with E-state index < -0.39 is 5.91 Å². The van der Waals surface area contributed by atoms with Gasteiger partial charge in [0.25, 0.3) is 5.91 Å². The Hall–Kier alpha value is -2.96. The zero-order valence-corrected chi connectivity index (χ0v) is 12.5. The Kier molecular flexibility index (Phi) is 4.18. The van der Waals surface area contributed by atoms with Gasteiger partial charge in [-0.15, -0.1) is 0 Å². The fourth-order valence-corrected chi connectivity index (χ4v) is 2.21. The van der Waals surface area contributed by atoms with Gasteiger partial charge in [-0.25, -0.2) is 0 Å². The van der Waals surface area contributed by atoms with E-state index in [4.69, 9.17) is 14.2 Å². The normalized spacial score (nSPS) is 15.8. The molecule has 1 aromatic heterocycles. The van der Waals surface area contributed by atoms with E-state index in [1.165, 1.54) is 19.4 Å². The van der Waals surface area contributed by atoms with Crippen LogP contribution in [0.5, 0.6) is 17.2 Å². The predicted molar refractivity (Wildman–Crippen MR) is 82.3 cm³/mol. The van der Waals surface area contributed by atoms with Crippen molar-refractivity contribution in [2.24, 2.45) is 0 Å². The number of amides is 1. The predicted octanol–water partition coefficient (Wildman–Crippen LogP) is 0.953. The second-order valence-electron chi connectivity index (χ2n) is 4.99. The lowest BCUT2D eigenvalue weighted by atomic mass is 10.2. The van der Waals surface area contributed by atoms with Crippen LogP contribution in [0.1, 0.15) is 10.5 Å². The molecule has 7 nitrogen and oxygen atoms in total. The van der Waals surface area contributed by atoms with Crippen LogP contribution in [-0.2, 0) is 0 Å². The fourth-order valence-electron chi connectivity index (χ4n) is 2.21. The minimum absolute atomic E-state index is 0.155. The number of carbonyl (C=O) groups excluding carboxylic acids is 1. The SMILES string of the molecule is COc1c[nH]c(C(=O)NCC2COc3ccccc3O2)cc1=O. The molecule has 0 bridgehead atoms. The van der Waals surface area contributed by atoms with Crippen molar-refractivity contribution >= 4 is 5.91 Å². The standard InChI is InChI=1S/C16H16N2O5/c1-21-15-8-17-11(6-12(15)19)16(20)18-7-10-9-22-13-4-2-3-5-14(13)23-10/h2-6,8,10H,7,9H2,1H3,(H,17,19)(H,18,20). The highest BCUT2D eigenvalue weighted by Crippen LogP contribution is 2.30. The summed E-state index contributed by atoms with van der Waals surface area (Å²) in [5, 5.41) is 2.71. The van der Waals surface area contributed by atoms with Gasteiger partial charge in [-0.1, -0.05) is 12.1 Å². The Morgan fingerprint density at radius 1 is 1.39 bits per heavy atom. The van der Waals surface area contributed by atoms with Gasteiger partial charge < -0.3 is 24.5 Å². The van der Waals surface area contributed by atoms with Crippen molar-refractivity contribution < 1.29 is 19.0 Å². The molecule has 2 heterocycles. The van der Waals surface area contributed by atoms with Crippen LogP contribution >= 0.6 is 0 Å². The smallest absolute Gasteiger partial charge is 0.267 e. The van der Waals surface area contributed by atoms with Crippen LogP contribution < -0.4 is 25.0 Å². The Labute approximate surface area is 132 Å². The van der Waals surface area contributed by atoms with E-state index in [2.05, 4.69) is 10.3 Å². The molecule has 23 heavy (non-hydrogen) atoms. The molecule has 0 saturated carbocycles. The molecule has 120 valence electrons. The van der Waals surface area contributed by atoms with Crippen molar-refractivity contribution in [1.82, 2.24) is 10.3 Å². The molecule has 7 heteroatoms. The number of methoxy groups -OCH3 is 1. The van der Waals surface area contributed by atoms with Gasteiger partial charge in [-0.2, -0.15) is 0 Å². The number of hydrogen-bond donors (Lipinski definition) is 2. The van der Waals surface area contributed by atoms with Gasteiger partial charge in [0.15, 0.2) is 17.2 Å². The number of rotatable bonds is 4. The molecule has 0 fully saturated rings. The summed E-state index contributed by atoms with van der Waals surface area (Å²) in [4.78, 5) is 26.4. The Morgan fingerprint density at radius 2 is 2.17 bits per heavy atom. The minimum atomic E-state index is -0.396. The second kappa shape index (κ2) is 6.43. The summed E-state index contributed by atoms with van der Waals surface area (Å²) < 4.78 is 16.2. The van der Waals surface area contributed by atoms with Crippen LogP contribution in [0.2, 0.25) is 0 Å². The van der Waals surface area contributed by atoms with Crippen molar-refractivity contribution in [2.45, 2.75) is 6.10 Å². The van der Waals surface area contributed by atoms with Gasteiger partial charge >= 0.3 is 0 Å². The van der Waals surface area contributed by atoms with Crippen LogP contribution in [0.4, 0.5) is 0 Å². The molecule has 1 aliphatic heterocycles. The van der Waals surface area contributed by atoms with Gasteiger partial charge in [0.1, 0.15) is 18.4 Å². The number of nitrogens with one attached hydrogen (secondary N) is 2. The number of aromatic amines is 1. The lowest BCUT2D eigenvalue weighted by molar-refractivity contribution is 0.0786. The summed E-state index contributed by atoms with van der Waals surface area (Å²) >= 11 is 0. The molecule has 1 unspecified atom stereocenters. The second-order valence-corrected chi connectivity index (χ2v) is 4.99. The molecule has 0 spiro atoms. The highest BCUT2D eigenvalue weighted by Gasteiger charge is 2.21. The molecule has 1 amide bonds. The Bertz CT molecular complexity index is 771. The van der Waals surface area contributed by atoms with E-state index in [9.17, 15) is 9.59 Å². The van der Waals surface area contributed by atoms with Gasteiger partial charge in [-0.3, -0.25) is 9.59 Å². The average molecular weight is 316 g/mol. The van der Waals surface area contributed by atoms with Crippen LogP contribution in [0.25, 0.3) is 0 Å². The summed E-state index contributed by atoms with van der Waals surface area (Å²) in [5.74, 6) is 1.10. The van der Waals surface area contributed by atoms with Crippen molar-refractivity contribution in [3.8, 4) is 17.2 Å². The minimum Gasteiger partial charge on any atom is -0.491 e. The van der Waals surface area contributed by atoms with Crippen molar-refractivity contribution in [3.63, 3.8) is 0 Å². The van der Waals surface area contributed by atoms with E-state index >= 15 is 0 Å². The Morgan fingerprint density at radius 3 is 2.91 bits per heavy atom. The number of benzene rings is 1. The molecule has 1 aliphatic rings. The quantitative estimate of drug-likeness (QED) is 0.877. The maximum Gasteiger partial charge on any atom is 0.267 e. The molecular formula is C16H16N2O5. The topological polar surface area (TPSA) is 89.7 Å². The van der Waals surface area contributed by atoms with Crippen LogP contribution in [-0.4, -0.2) is 37.3 Å². The summed E-state index contributed by atoms with van der Waals surface area (Å²) in [5.41, 5.74) is -0.199. The molecule has 2 N–H and O–H groups in total. The maximum absolute atomic E-state index is 12.1. The molecule has 0 aliphatic carbocycles. The molecular weight excluding hydrogens is 300 g/mol. The van der Waals surface area contributed by atoms with E-state index in [1.807, 2.05) is 24.3 Å². The number of fused-ring (bicyclic) bond motifs is 1. The summed E-state index contributed by atoms with van der Waals surface area (Å²) in [6.45, 7) is 0.609. The maximum atomic E-state index is 12.1. The number of H-pyrrole nitrogens is 1. The zero-order valence-electron chi connectivity index (χ0n) is 12.5. The lowest BCUT2D eigenvalue weighted by Crippen LogP contribution is -2.41. The third-order valence-electron chi connectivity index (χ3n) is 3.40. The first-order valence-electron chi connectivity index (χ1n) is 7.11. The van der Waals surface area contributed by atoms with Crippen LogP contribution in [0.15, 0.2) is 41.3 Å². The molecule has 2 aromatic rings. The number of hydrogen-bond acceptors (Lipinski definition) is 5. The van der Waals surface area contributed by atoms with Gasteiger partial charge in [0.05, 0.1) is 13.7 Å². The third kappa shape index (κ3) is 3.28. The first-order chi connectivity index (χ1) is 11.2. The van der Waals surface area contributed by atoms with E-state index in [1.54, 1.807) is 0 Å². The molecule has 0 radical (unpaired) electrons. The van der Waals surface area contributed by atoms with Gasteiger partial charge in [0, 0.05) is 12.3 Å². The summed E-state index contributed by atoms with van der Waals surface area (Å²) in [6, 6.07) is 8.55. The van der Waals surface area contributed by atoms with Crippen LogP contribution in [0.3, 0.4) is 0 Å². The summed E-state index contributed by atoms with van der Waals surface area (Å²) in [6.07, 6.45) is 1.06. The molecule has 0 saturated heterocycles. The molecule has 1 atom stereocenters. The fraction of sp³-hybridized carbons (Fsp3) is 0.250. The zero-order chi connectivity index (χ0) is 16.2. The van der Waals surface area contributed by atoms with Crippen molar-refractivity contribution in [1.29, 1.82) is 0 Å². The average Bonchev–Trinajstić information content (AvgIpc) is 2.59. The first-order valence-corrected chi connectivity index (χ1v) is 7.11. The van der Waals surface area contributed by atoms with E-state index in [0.29, 0.717) is 18.1 Å². The van der Waals surface area contributed by atoms with Gasteiger partial charge in [-0.05, 0) is 12.1 Å². The highest BCUT2D eigenvalue weighted by molar-refractivity contribution is 5.92. The first kappa shape index (κ1) is 15.0. The van der Waals surface area contributed by atoms with E-state index in [0.717, 1.165) is 0 Å². The van der Waals surface area contributed by atoms with E-state index in [-0.39, 0.29) is 29.5 Å². The molecule has 1 aromatic carbocycles. The monoisotopic (exact) mass is 316 g/mol. The summed E-state index contributed by atoms with van der Waals surface area (Å²) in [7, 11) is 1.39. The van der Waals surface area contributed by atoms with Gasteiger partial charge in [0.2, 0.25) is 5.43 Å². The largest absolute Gasteiger partial charge is 0.491 e. The number of para-hydroxylation sites is 2. The Balaban J connectivity index is 1.60. The lowest BCUT2D eigenvalue weighted by Gasteiger charge is -2.26.